The normalized spacial score (nSPS) is 21.2. The lowest BCUT2D eigenvalue weighted by Crippen LogP contribution is -2.48. The summed E-state index contributed by atoms with van der Waals surface area (Å²) >= 11 is 0. The lowest BCUT2D eigenvalue weighted by atomic mass is 9.83. The summed E-state index contributed by atoms with van der Waals surface area (Å²) in [4.78, 5) is 25.9. The van der Waals surface area contributed by atoms with Crippen molar-refractivity contribution in [2.45, 2.75) is 51.1 Å². The molecule has 0 spiro atoms. The highest BCUT2D eigenvalue weighted by Crippen LogP contribution is 2.34. The molecule has 0 aromatic carbocycles. The SMILES string of the molecule is C[C@H](C(N)=O)n1cc([C@@H](NC(=O)N2CCOCC2)C2CCCCC2)nn1. The van der Waals surface area contributed by atoms with Gasteiger partial charge in [0.2, 0.25) is 5.91 Å². The van der Waals surface area contributed by atoms with Crippen molar-refractivity contribution in [1.82, 2.24) is 25.2 Å². The zero-order valence-electron chi connectivity index (χ0n) is 15.3. The van der Waals surface area contributed by atoms with Gasteiger partial charge in [-0.05, 0) is 25.7 Å². The molecular formula is C17H28N6O3. The highest BCUT2D eigenvalue weighted by molar-refractivity contribution is 5.77. The predicted molar refractivity (Wildman–Crippen MR) is 94.2 cm³/mol. The molecule has 2 heterocycles. The summed E-state index contributed by atoms with van der Waals surface area (Å²) in [5.41, 5.74) is 6.05. The zero-order chi connectivity index (χ0) is 18.5. The fraction of sp³-hybridized carbons (Fsp3) is 0.765. The average Bonchev–Trinajstić information content (AvgIpc) is 3.16. The van der Waals surface area contributed by atoms with Gasteiger partial charge in [-0.2, -0.15) is 0 Å². The Kier molecular flexibility index (Phi) is 6.08. The lowest BCUT2D eigenvalue weighted by Gasteiger charge is -2.33. The van der Waals surface area contributed by atoms with Gasteiger partial charge >= 0.3 is 6.03 Å². The highest BCUT2D eigenvalue weighted by atomic mass is 16.5. The maximum absolute atomic E-state index is 12.7. The average molecular weight is 364 g/mol. The molecule has 3 amide bonds. The summed E-state index contributed by atoms with van der Waals surface area (Å²) < 4.78 is 6.78. The molecule has 144 valence electrons. The standard InChI is InChI=1S/C17H28N6O3/c1-12(16(18)24)23-11-14(20-21-23)15(13-5-3-2-4-6-13)19-17(25)22-7-9-26-10-8-22/h11-13,15H,2-10H2,1H3,(H2,18,24)(H,19,25)/t12-,15+/m1/s1. The predicted octanol–water partition coefficient (Wildman–Crippen LogP) is 0.988. The second-order valence-electron chi connectivity index (χ2n) is 7.13. The molecule has 9 nitrogen and oxygen atoms in total. The number of hydrogen-bond acceptors (Lipinski definition) is 5. The lowest BCUT2D eigenvalue weighted by molar-refractivity contribution is -0.120. The Hall–Kier alpha value is -2.16. The van der Waals surface area contributed by atoms with Gasteiger partial charge in [0.25, 0.3) is 0 Å². The number of ether oxygens (including phenoxy) is 1. The minimum atomic E-state index is -0.571. The minimum absolute atomic E-state index is 0.0960. The van der Waals surface area contributed by atoms with Crippen LogP contribution in [0.4, 0.5) is 4.79 Å². The first kappa shape index (κ1) is 18.6. The molecule has 1 aromatic rings. The molecule has 1 aromatic heterocycles. The number of nitrogens with two attached hydrogens (primary N) is 1. The van der Waals surface area contributed by atoms with Gasteiger partial charge in [0.15, 0.2) is 0 Å². The van der Waals surface area contributed by atoms with Gasteiger partial charge in [0.1, 0.15) is 11.7 Å². The molecule has 0 radical (unpaired) electrons. The van der Waals surface area contributed by atoms with Gasteiger partial charge in [0, 0.05) is 13.1 Å². The fourth-order valence-corrected chi connectivity index (χ4v) is 3.64. The van der Waals surface area contributed by atoms with E-state index in [2.05, 4.69) is 15.6 Å². The first-order valence-electron chi connectivity index (χ1n) is 9.40. The molecular weight excluding hydrogens is 336 g/mol. The second kappa shape index (κ2) is 8.48. The third-order valence-electron chi connectivity index (χ3n) is 5.35. The third kappa shape index (κ3) is 4.32. The van der Waals surface area contributed by atoms with Crippen molar-refractivity contribution in [3.8, 4) is 0 Å². The first-order chi connectivity index (χ1) is 12.6. The van der Waals surface area contributed by atoms with E-state index in [1.54, 1.807) is 18.0 Å². The Bertz CT molecular complexity index is 622. The second-order valence-corrected chi connectivity index (χ2v) is 7.13. The van der Waals surface area contributed by atoms with Crippen LogP contribution < -0.4 is 11.1 Å². The number of nitrogens with one attached hydrogen (secondary N) is 1. The molecule has 2 atom stereocenters. The summed E-state index contributed by atoms with van der Waals surface area (Å²) in [5, 5.41) is 11.4. The summed E-state index contributed by atoms with van der Waals surface area (Å²) in [6.45, 7) is 3.99. The summed E-state index contributed by atoms with van der Waals surface area (Å²) in [7, 11) is 0. The van der Waals surface area contributed by atoms with Crippen LogP contribution in [0, 0.1) is 5.92 Å². The summed E-state index contributed by atoms with van der Waals surface area (Å²) in [6, 6.07) is -0.876. The number of nitrogens with zero attached hydrogens (tertiary/aromatic N) is 4. The van der Waals surface area contributed by atoms with E-state index in [4.69, 9.17) is 10.5 Å². The quantitative estimate of drug-likeness (QED) is 0.808. The van der Waals surface area contributed by atoms with Crippen LogP contribution in [0.1, 0.15) is 56.8 Å². The van der Waals surface area contributed by atoms with E-state index in [0.29, 0.717) is 37.9 Å². The molecule has 1 saturated carbocycles. The van der Waals surface area contributed by atoms with Crippen LogP contribution >= 0.6 is 0 Å². The van der Waals surface area contributed by atoms with Crippen molar-refractivity contribution in [2.75, 3.05) is 26.3 Å². The number of amides is 3. The van der Waals surface area contributed by atoms with Crippen LogP contribution in [0.3, 0.4) is 0 Å². The number of carbonyl (C=O) groups is 2. The minimum Gasteiger partial charge on any atom is -0.378 e. The summed E-state index contributed by atoms with van der Waals surface area (Å²) in [5.74, 6) is -0.143. The molecule has 0 unspecified atom stereocenters. The van der Waals surface area contributed by atoms with Gasteiger partial charge < -0.3 is 20.7 Å². The zero-order valence-corrected chi connectivity index (χ0v) is 15.3. The van der Waals surface area contributed by atoms with E-state index < -0.39 is 11.9 Å². The number of rotatable bonds is 5. The number of hydrogen-bond donors (Lipinski definition) is 2. The number of morpholine rings is 1. The molecule has 26 heavy (non-hydrogen) atoms. The van der Waals surface area contributed by atoms with Crippen LogP contribution in [-0.2, 0) is 9.53 Å². The molecule has 1 aliphatic heterocycles. The van der Waals surface area contributed by atoms with Crippen LogP contribution in [0.25, 0.3) is 0 Å². The van der Waals surface area contributed by atoms with E-state index in [9.17, 15) is 9.59 Å². The summed E-state index contributed by atoms with van der Waals surface area (Å²) in [6.07, 6.45) is 7.36. The van der Waals surface area contributed by atoms with E-state index >= 15 is 0 Å². The highest BCUT2D eigenvalue weighted by Gasteiger charge is 2.31. The molecule has 9 heteroatoms. The molecule has 2 fully saturated rings. The van der Waals surface area contributed by atoms with E-state index in [1.807, 2.05) is 0 Å². The largest absolute Gasteiger partial charge is 0.378 e. The smallest absolute Gasteiger partial charge is 0.318 e. The topological polar surface area (TPSA) is 115 Å². The van der Waals surface area contributed by atoms with Gasteiger partial charge in [-0.3, -0.25) is 4.79 Å². The van der Waals surface area contributed by atoms with E-state index in [-0.39, 0.29) is 12.1 Å². The fourth-order valence-electron chi connectivity index (χ4n) is 3.64. The molecule has 2 aliphatic rings. The van der Waals surface area contributed by atoms with Gasteiger partial charge in [-0.15, -0.1) is 5.10 Å². The van der Waals surface area contributed by atoms with Crippen LogP contribution in [0.5, 0.6) is 0 Å². The van der Waals surface area contributed by atoms with E-state index in [1.165, 1.54) is 11.1 Å². The van der Waals surface area contributed by atoms with E-state index in [0.717, 1.165) is 25.7 Å². The third-order valence-corrected chi connectivity index (χ3v) is 5.35. The Balaban J connectivity index is 1.76. The molecule has 3 N–H and O–H groups in total. The van der Waals surface area contributed by atoms with Crippen LogP contribution in [-0.4, -0.2) is 58.1 Å². The number of primary amides is 1. The van der Waals surface area contributed by atoms with Crippen LogP contribution in [0.15, 0.2) is 6.20 Å². The maximum atomic E-state index is 12.7. The molecule has 1 aliphatic carbocycles. The van der Waals surface area contributed by atoms with Crippen molar-refractivity contribution in [1.29, 1.82) is 0 Å². The van der Waals surface area contributed by atoms with Gasteiger partial charge in [-0.1, -0.05) is 24.5 Å². The van der Waals surface area contributed by atoms with Crippen molar-refractivity contribution in [2.24, 2.45) is 11.7 Å². The molecule has 3 rings (SSSR count). The number of urea groups is 1. The van der Waals surface area contributed by atoms with Crippen LogP contribution in [0.2, 0.25) is 0 Å². The Labute approximate surface area is 153 Å². The number of aromatic nitrogens is 3. The number of carbonyl (C=O) groups excluding carboxylic acids is 2. The van der Waals surface area contributed by atoms with Crippen molar-refractivity contribution < 1.29 is 14.3 Å². The van der Waals surface area contributed by atoms with Gasteiger partial charge in [0.05, 0.1) is 25.5 Å². The Morgan fingerprint density at radius 1 is 1.27 bits per heavy atom. The monoisotopic (exact) mass is 364 g/mol. The van der Waals surface area contributed by atoms with Crippen molar-refractivity contribution in [3.05, 3.63) is 11.9 Å². The maximum Gasteiger partial charge on any atom is 0.318 e. The Morgan fingerprint density at radius 3 is 2.62 bits per heavy atom. The van der Waals surface area contributed by atoms with Crippen molar-refractivity contribution >= 4 is 11.9 Å². The molecule has 1 saturated heterocycles. The molecule has 0 bridgehead atoms. The first-order valence-corrected chi connectivity index (χ1v) is 9.40. The van der Waals surface area contributed by atoms with Gasteiger partial charge in [-0.25, -0.2) is 9.48 Å². The Morgan fingerprint density at radius 2 is 1.96 bits per heavy atom. The van der Waals surface area contributed by atoms with Crippen molar-refractivity contribution in [3.63, 3.8) is 0 Å².